The van der Waals surface area contributed by atoms with Gasteiger partial charge in [-0.15, -0.1) is 0 Å². The number of nitrogens with one attached hydrogen (secondary N) is 1. The summed E-state index contributed by atoms with van der Waals surface area (Å²) >= 11 is 0. The van der Waals surface area contributed by atoms with Crippen molar-refractivity contribution in [2.45, 2.75) is 0 Å². The number of carbonyl (C=O) groups is 2. The molecule has 2 aromatic rings. The van der Waals surface area contributed by atoms with Crippen molar-refractivity contribution in [3.8, 4) is 0 Å². The van der Waals surface area contributed by atoms with Crippen molar-refractivity contribution >= 4 is 11.7 Å². The SMILES string of the molecule is O=C(CN1CCN(C(=O)c2ccc(=O)[nH]n2)CC1)c1ccco1. The van der Waals surface area contributed by atoms with Crippen LogP contribution in [0.5, 0.6) is 0 Å². The first-order chi connectivity index (χ1) is 11.1. The Labute approximate surface area is 131 Å². The van der Waals surface area contributed by atoms with Gasteiger partial charge >= 0.3 is 0 Å². The smallest absolute Gasteiger partial charge is 0.274 e. The highest BCUT2D eigenvalue weighted by Crippen LogP contribution is 2.08. The highest BCUT2D eigenvalue weighted by atomic mass is 16.3. The number of nitrogens with zero attached hydrogens (tertiary/aromatic N) is 3. The molecule has 23 heavy (non-hydrogen) atoms. The summed E-state index contributed by atoms with van der Waals surface area (Å²) in [5.74, 6) is 0.0521. The lowest BCUT2D eigenvalue weighted by Crippen LogP contribution is -2.50. The van der Waals surface area contributed by atoms with Gasteiger partial charge in [-0.3, -0.25) is 19.3 Å². The molecule has 1 saturated heterocycles. The summed E-state index contributed by atoms with van der Waals surface area (Å²) in [7, 11) is 0. The maximum atomic E-state index is 12.3. The predicted molar refractivity (Wildman–Crippen MR) is 80.2 cm³/mol. The van der Waals surface area contributed by atoms with E-state index >= 15 is 0 Å². The molecular weight excluding hydrogens is 300 g/mol. The molecular formula is C15H16N4O4. The fourth-order valence-corrected chi connectivity index (χ4v) is 2.45. The van der Waals surface area contributed by atoms with Gasteiger partial charge in [-0.25, -0.2) is 5.10 Å². The number of Topliss-reactive ketones (excluding diaryl/α,β-unsaturated/α-hetero) is 1. The number of rotatable bonds is 4. The number of H-pyrrole nitrogens is 1. The molecule has 120 valence electrons. The Morgan fingerprint density at radius 1 is 1.17 bits per heavy atom. The number of ketones is 1. The van der Waals surface area contributed by atoms with Crippen LogP contribution in [0.1, 0.15) is 21.0 Å². The maximum absolute atomic E-state index is 12.3. The van der Waals surface area contributed by atoms with Crippen molar-refractivity contribution < 1.29 is 14.0 Å². The summed E-state index contributed by atoms with van der Waals surface area (Å²) in [5, 5.41) is 6.00. The Morgan fingerprint density at radius 2 is 1.96 bits per heavy atom. The zero-order valence-corrected chi connectivity index (χ0v) is 12.4. The predicted octanol–water partition coefficient (Wildman–Crippen LogP) is 0.00360. The third-order valence-electron chi connectivity index (χ3n) is 3.72. The normalized spacial score (nSPS) is 15.6. The van der Waals surface area contributed by atoms with Gasteiger partial charge in [0.1, 0.15) is 5.69 Å². The molecule has 0 unspecified atom stereocenters. The summed E-state index contributed by atoms with van der Waals surface area (Å²) in [6.07, 6.45) is 1.47. The fraction of sp³-hybridized carbons (Fsp3) is 0.333. The Bertz CT molecular complexity index is 725. The van der Waals surface area contributed by atoms with E-state index in [1.165, 1.54) is 18.4 Å². The van der Waals surface area contributed by atoms with Crippen LogP contribution < -0.4 is 5.56 Å². The molecule has 2 aromatic heterocycles. The van der Waals surface area contributed by atoms with E-state index in [4.69, 9.17) is 4.42 Å². The number of aromatic amines is 1. The van der Waals surface area contributed by atoms with Gasteiger partial charge in [-0.2, -0.15) is 5.10 Å². The van der Waals surface area contributed by atoms with Crippen LogP contribution >= 0.6 is 0 Å². The first-order valence-corrected chi connectivity index (χ1v) is 7.27. The lowest BCUT2D eigenvalue weighted by atomic mass is 10.2. The molecule has 0 aromatic carbocycles. The van der Waals surface area contributed by atoms with Gasteiger partial charge in [0.05, 0.1) is 12.8 Å². The summed E-state index contributed by atoms with van der Waals surface area (Å²) in [4.78, 5) is 38.9. The summed E-state index contributed by atoms with van der Waals surface area (Å²) < 4.78 is 5.09. The molecule has 0 spiro atoms. The van der Waals surface area contributed by atoms with E-state index in [-0.39, 0.29) is 29.5 Å². The molecule has 1 aliphatic rings. The van der Waals surface area contributed by atoms with Crippen LogP contribution in [0.4, 0.5) is 0 Å². The number of hydrogen-bond acceptors (Lipinski definition) is 6. The zero-order chi connectivity index (χ0) is 16.2. The van der Waals surface area contributed by atoms with Crippen LogP contribution in [0.15, 0.2) is 39.7 Å². The molecule has 3 rings (SSSR count). The van der Waals surface area contributed by atoms with Crippen molar-refractivity contribution in [2.75, 3.05) is 32.7 Å². The van der Waals surface area contributed by atoms with E-state index in [0.717, 1.165) is 0 Å². The molecule has 8 heteroatoms. The average molecular weight is 316 g/mol. The van der Waals surface area contributed by atoms with Gasteiger partial charge in [0.25, 0.3) is 11.5 Å². The quantitative estimate of drug-likeness (QED) is 0.797. The average Bonchev–Trinajstić information content (AvgIpc) is 3.10. The van der Waals surface area contributed by atoms with Crippen LogP contribution in [0.2, 0.25) is 0 Å². The Hall–Kier alpha value is -2.74. The minimum atomic E-state index is -0.345. The monoisotopic (exact) mass is 316 g/mol. The van der Waals surface area contributed by atoms with Crippen LogP contribution in [-0.2, 0) is 0 Å². The zero-order valence-electron chi connectivity index (χ0n) is 12.4. The summed E-state index contributed by atoms with van der Waals surface area (Å²) in [6.45, 7) is 2.48. The van der Waals surface area contributed by atoms with E-state index in [9.17, 15) is 14.4 Å². The standard InChI is InChI=1S/C15H16N4O4/c20-12(13-2-1-9-23-13)10-18-5-7-19(8-6-18)15(22)11-3-4-14(21)17-16-11/h1-4,9H,5-8,10H2,(H,17,21). The van der Waals surface area contributed by atoms with Crippen molar-refractivity contribution in [2.24, 2.45) is 0 Å². The van der Waals surface area contributed by atoms with Gasteiger partial charge in [0.2, 0.25) is 5.78 Å². The second-order valence-electron chi connectivity index (χ2n) is 5.28. The lowest BCUT2D eigenvalue weighted by molar-refractivity contribution is 0.0614. The number of amides is 1. The fourth-order valence-electron chi connectivity index (χ4n) is 2.45. The van der Waals surface area contributed by atoms with Crippen LogP contribution in [0.3, 0.4) is 0 Å². The number of hydrogen-bond donors (Lipinski definition) is 1. The molecule has 0 saturated carbocycles. The molecule has 1 N–H and O–H groups in total. The Kier molecular flexibility index (Phi) is 4.33. The van der Waals surface area contributed by atoms with Crippen LogP contribution in [0.25, 0.3) is 0 Å². The topological polar surface area (TPSA) is 99.5 Å². The third-order valence-corrected chi connectivity index (χ3v) is 3.72. The van der Waals surface area contributed by atoms with Gasteiger partial charge < -0.3 is 9.32 Å². The van der Waals surface area contributed by atoms with E-state index in [1.807, 2.05) is 4.90 Å². The molecule has 0 aliphatic carbocycles. The lowest BCUT2D eigenvalue weighted by Gasteiger charge is -2.33. The molecule has 0 bridgehead atoms. The second-order valence-corrected chi connectivity index (χ2v) is 5.28. The highest BCUT2D eigenvalue weighted by molar-refractivity contribution is 5.95. The van der Waals surface area contributed by atoms with Crippen molar-refractivity contribution in [1.29, 1.82) is 0 Å². The minimum Gasteiger partial charge on any atom is -0.461 e. The maximum Gasteiger partial charge on any atom is 0.274 e. The highest BCUT2D eigenvalue weighted by Gasteiger charge is 2.24. The van der Waals surface area contributed by atoms with Crippen molar-refractivity contribution in [3.05, 3.63) is 52.3 Å². The van der Waals surface area contributed by atoms with Gasteiger partial charge in [-0.05, 0) is 18.2 Å². The van der Waals surface area contributed by atoms with Gasteiger partial charge in [0.15, 0.2) is 5.76 Å². The number of piperazine rings is 1. The van der Waals surface area contributed by atoms with Gasteiger partial charge in [-0.1, -0.05) is 0 Å². The Morgan fingerprint density at radius 3 is 2.57 bits per heavy atom. The summed E-state index contributed by atoms with van der Waals surface area (Å²) in [5.41, 5.74) is -0.132. The van der Waals surface area contributed by atoms with E-state index < -0.39 is 0 Å². The van der Waals surface area contributed by atoms with Crippen LogP contribution in [-0.4, -0.2) is 64.4 Å². The Balaban J connectivity index is 1.54. The molecule has 1 aliphatic heterocycles. The van der Waals surface area contributed by atoms with Crippen LogP contribution in [0, 0.1) is 0 Å². The molecule has 1 fully saturated rings. The molecule has 3 heterocycles. The van der Waals surface area contributed by atoms with Gasteiger partial charge in [0, 0.05) is 32.2 Å². The van der Waals surface area contributed by atoms with E-state index in [0.29, 0.717) is 31.9 Å². The number of furan rings is 1. The molecule has 0 atom stereocenters. The van der Waals surface area contributed by atoms with E-state index in [1.54, 1.807) is 17.0 Å². The second kappa shape index (κ2) is 6.57. The first-order valence-electron chi connectivity index (χ1n) is 7.27. The minimum absolute atomic E-state index is 0.0722. The van der Waals surface area contributed by atoms with Crippen molar-refractivity contribution in [3.63, 3.8) is 0 Å². The third kappa shape index (κ3) is 3.54. The van der Waals surface area contributed by atoms with E-state index in [2.05, 4.69) is 10.2 Å². The van der Waals surface area contributed by atoms with Crippen molar-refractivity contribution in [1.82, 2.24) is 20.0 Å². The molecule has 8 nitrogen and oxygen atoms in total. The summed E-state index contributed by atoms with van der Waals surface area (Å²) in [6, 6.07) is 6.01. The molecule has 0 radical (unpaired) electrons. The number of carbonyl (C=O) groups excluding carboxylic acids is 2. The first kappa shape index (κ1) is 15.2. The molecule has 1 amide bonds. The number of aromatic nitrogens is 2. The largest absolute Gasteiger partial charge is 0.461 e.